The van der Waals surface area contributed by atoms with Crippen LogP contribution in [0.25, 0.3) is 10.8 Å². The van der Waals surface area contributed by atoms with Crippen LogP contribution in [0.1, 0.15) is 10.4 Å². The molecule has 15 heavy (non-hydrogen) atoms. The van der Waals surface area contributed by atoms with Gasteiger partial charge in [-0.3, -0.25) is 0 Å². The number of benzene rings is 2. The predicted octanol–water partition coefficient (Wildman–Crippen LogP) is 3.34. The van der Waals surface area contributed by atoms with Gasteiger partial charge in [0.05, 0.1) is 5.56 Å². The number of carbonyl (C=O) groups is 1. The van der Waals surface area contributed by atoms with E-state index in [2.05, 4.69) is 13.2 Å². The van der Waals surface area contributed by atoms with Crippen molar-refractivity contribution in [2.24, 2.45) is 0 Å². The Kier molecular flexibility index (Phi) is 3.63. The van der Waals surface area contributed by atoms with Gasteiger partial charge in [-0.05, 0) is 22.9 Å². The first-order valence-corrected chi connectivity index (χ1v) is 4.49. The van der Waals surface area contributed by atoms with Crippen molar-refractivity contribution in [1.29, 1.82) is 0 Å². The zero-order valence-electron chi connectivity index (χ0n) is 8.31. The summed E-state index contributed by atoms with van der Waals surface area (Å²) in [6, 6.07) is 12.8. The number of carboxylic acid groups (broad SMARTS) is 1. The number of fused-ring (bicyclic) bond motifs is 1. The lowest BCUT2D eigenvalue weighted by molar-refractivity contribution is 0.0697. The van der Waals surface area contributed by atoms with Crippen molar-refractivity contribution in [3.05, 3.63) is 61.2 Å². The van der Waals surface area contributed by atoms with Crippen LogP contribution in [0, 0.1) is 0 Å². The molecular formula is C13H12O2. The molecule has 0 aliphatic rings. The Morgan fingerprint density at radius 3 is 2.20 bits per heavy atom. The summed E-state index contributed by atoms with van der Waals surface area (Å²) in [6.45, 7) is 6.00. The molecule has 0 heterocycles. The van der Waals surface area contributed by atoms with Crippen LogP contribution < -0.4 is 0 Å². The zero-order valence-corrected chi connectivity index (χ0v) is 8.31. The molecule has 0 bridgehead atoms. The quantitative estimate of drug-likeness (QED) is 0.717. The fraction of sp³-hybridized carbons (Fsp3) is 0. The van der Waals surface area contributed by atoms with Crippen molar-refractivity contribution >= 4 is 16.7 Å². The molecule has 0 saturated carbocycles. The molecule has 0 unspecified atom stereocenters. The summed E-state index contributed by atoms with van der Waals surface area (Å²) in [6.07, 6.45) is 0. The van der Waals surface area contributed by atoms with Crippen molar-refractivity contribution in [1.82, 2.24) is 0 Å². The van der Waals surface area contributed by atoms with E-state index in [9.17, 15) is 4.79 Å². The van der Waals surface area contributed by atoms with Crippen LogP contribution in [0.15, 0.2) is 55.6 Å². The molecule has 2 heteroatoms. The van der Waals surface area contributed by atoms with E-state index in [1.807, 2.05) is 30.3 Å². The second-order valence-corrected chi connectivity index (χ2v) is 2.87. The van der Waals surface area contributed by atoms with Crippen LogP contribution in [0.5, 0.6) is 0 Å². The van der Waals surface area contributed by atoms with Gasteiger partial charge in [-0.2, -0.15) is 0 Å². The van der Waals surface area contributed by atoms with Crippen molar-refractivity contribution < 1.29 is 9.90 Å². The van der Waals surface area contributed by atoms with E-state index in [4.69, 9.17) is 5.11 Å². The minimum atomic E-state index is -0.884. The Balaban J connectivity index is 0.000000531. The second-order valence-electron chi connectivity index (χ2n) is 2.87. The van der Waals surface area contributed by atoms with Crippen LogP contribution in [0.3, 0.4) is 0 Å². The lowest BCUT2D eigenvalue weighted by Gasteiger charge is -1.98. The lowest BCUT2D eigenvalue weighted by atomic mass is 10.1. The number of aromatic carboxylic acids is 1. The minimum absolute atomic E-state index is 0.332. The van der Waals surface area contributed by atoms with E-state index >= 15 is 0 Å². The molecule has 2 aromatic rings. The molecule has 0 amide bonds. The molecule has 2 rings (SSSR count). The molecule has 0 aliphatic carbocycles. The number of hydrogen-bond acceptors (Lipinski definition) is 1. The van der Waals surface area contributed by atoms with Gasteiger partial charge >= 0.3 is 5.97 Å². The Morgan fingerprint density at radius 2 is 1.60 bits per heavy atom. The molecule has 76 valence electrons. The van der Waals surface area contributed by atoms with E-state index < -0.39 is 5.97 Å². The van der Waals surface area contributed by atoms with Crippen LogP contribution in [0.2, 0.25) is 0 Å². The highest BCUT2D eigenvalue weighted by Crippen LogP contribution is 2.15. The molecule has 2 aromatic carbocycles. The highest BCUT2D eigenvalue weighted by atomic mass is 16.4. The van der Waals surface area contributed by atoms with Crippen molar-refractivity contribution in [3.63, 3.8) is 0 Å². The Morgan fingerprint density at radius 1 is 1.00 bits per heavy atom. The monoisotopic (exact) mass is 200 g/mol. The summed E-state index contributed by atoms with van der Waals surface area (Å²) >= 11 is 0. The third-order valence-electron chi connectivity index (χ3n) is 2.00. The summed E-state index contributed by atoms with van der Waals surface area (Å²) in [7, 11) is 0. The summed E-state index contributed by atoms with van der Waals surface area (Å²) < 4.78 is 0. The Bertz CT molecular complexity index is 475. The van der Waals surface area contributed by atoms with E-state index in [0.29, 0.717) is 5.56 Å². The largest absolute Gasteiger partial charge is 0.478 e. The topological polar surface area (TPSA) is 37.3 Å². The van der Waals surface area contributed by atoms with E-state index in [1.165, 1.54) is 0 Å². The maximum atomic E-state index is 10.6. The molecule has 0 fully saturated rings. The average Bonchev–Trinajstić information content (AvgIpc) is 2.31. The van der Waals surface area contributed by atoms with Crippen molar-refractivity contribution in [2.45, 2.75) is 0 Å². The van der Waals surface area contributed by atoms with Crippen LogP contribution in [0.4, 0.5) is 0 Å². The van der Waals surface area contributed by atoms with Gasteiger partial charge in [0.15, 0.2) is 0 Å². The minimum Gasteiger partial charge on any atom is -0.478 e. The summed E-state index contributed by atoms with van der Waals surface area (Å²) in [5, 5.41) is 10.8. The maximum absolute atomic E-state index is 10.6. The van der Waals surface area contributed by atoms with E-state index in [-0.39, 0.29) is 0 Å². The first-order chi connectivity index (χ1) is 7.27. The number of hydrogen-bond donors (Lipinski definition) is 1. The molecule has 0 aliphatic heterocycles. The highest BCUT2D eigenvalue weighted by Gasteiger charge is 2.01. The van der Waals surface area contributed by atoms with Crippen LogP contribution in [-0.4, -0.2) is 11.1 Å². The van der Waals surface area contributed by atoms with Crippen LogP contribution in [-0.2, 0) is 0 Å². The normalized spacial score (nSPS) is 9.07. The van der Waals surface area contributed by atoms with Gasteiger partial charge in [0.1, 0.15) is 0 Å². The van der Waals surface area contributed by atoms with Gasteiger partial charge in [0.25, 0.3) is 0 Å². The second kappa shape index (κ2) is 4.96. The molecule has 1 N–H and O–H groups in total. The van der Waals surface area contributed by atoms with Gasteiger partial charge in [0, 0.05) is 0 Å². The standard InChI is InChI=1S/C11H8O2.C2H4/c12-11(13)10-6-5-8-3-1-2-4-9(8)7-10;1-2/h1-7H,(H,12,13);1-2H2. The highest BCUT2D eigenvalue weighted by molar-refractivity contribution is 5.94. The molecule has 0 radical (unpaired) electrons. The molecule has 0 aromatic heterocycles. The summed E-state index contributed by atoms with van der Waals surface area (Å²) in [4.78, 5) is 10.6. The van der Waals surface area contributed by atoms with Crippen molar-refractivity contribution in [2.75, 3.05) is 0 Å². The molecular weight excluding hydrogens is 188 g/mol. The Hall–Kier alpha value is -2.09. The SMILES string of the molecule is C=C.O=C(O)c1ccc2ccccc2c1. The van der Waals surface area contributed by atoms with E-state index in [1.54, 1.807) is 12.1 Å². The first-order valence-electron chi connectivity index (χ1n) is 4.49. The van der Waals surface area contributed by atoms with Crippen LogP contribution >= 0.6 is 0 Å². The third kappa shape index (κ3) is 2.44. The number of rotatable bonds is 1. The van der Waals surface area contributed by atoms with E-state index in [0.717, 1.165) is 10.8 Å². The fourth-order valence-electron chi connectivity index (χ4n) is 1.32. The molecule has 2 nitrogen and oxygen atoms in total. The first kappa shape index (κ1) is 11.0. The predicted molar refractivity (Wildman–Crippen MR) is 62.2 cm³/mol. The molecule has 0 spiro atoms. The van der Waals surface area contributed by atoms with Gasteiger partial charge < -0.3 is 5.11 Å². The van der Waals surface area contributed by atoms with Gasteiger partial charge in [-0.15, -0.1) is 13.2 Å². The van der Waals surface area contributed by atoms with Gasteiger partial charge in [-0.1, -0.05) is 30.3 Å². The van der Waals surface area contributed by atoms with Gasteiger partial charge in [0.2, 0.25) is 0 Å². The van der Waals surface area contributed by atoms with Crippen molar-refractivity contribution in [3.8, 4) is 0 Å². The zero-order chi connectivity index (χ0) is 11.3. The molecule has 0 atom stereocenters. The van der Waals surface area contributed by atoms with Gasteiger partial charge in [-0.25, -0.2) is 4.79 Å². The average molecular weight is 200 g/mol. The summed E-state index contributed by atoms with van der Waals surface area (Å²) in [5.74, 6) is -0.884. The smallest absolute Gasteiger partial charge is 0.335 e. The third-order valence-corrected chi connectivity index (χ3v) is 2.00. The summed E-state index contributed by atoms with van der Waals surface area (Å²) in [5.41, 5.74) is 0.332. The number of carboxylic acids is 1. The molecule has 0 saturated heterocycles. The lowest BCUT2D eigenvalue weighted by Crippen LogP contribution is -1.94. The fourth-order valence-corrected chi connectivity index (χ4v) is 1.32. The maximum Gasteiger partial charge on any atom is 0.335 e. The Labute approximate surface area is 88.5 Å².